The molecule has 0 saturated carbocycles. The predicted octanol–water partition coefficient (Wildman–Crippen LogP) is 0.414. The van der Waals surface area contributed by atoms with Crippen LogP contribution in [0.4, 0.5) is 0 Å². The first-order chi connectivity index (χ1) is 13.6. The number of β-lactam (4-membered cyclic amide) rings is 1. The zero-order valence-electron chi connectivity index (χ0n) is 15.9. The van der Waals surface area contributed by atoms with E-state index in [2.05, 4.69) is 10.3 Å². The minimum atomic E-state index is -3.74. The Hall–Kier alpha value is -2.88. The second-order valence-corrected chi connectivity index (χ2v) is 10.7. The molecule has 2 amide bonds. The highest BCUT2D eigenvalue weighted by Gasteiger charge is 2.67. The lowest BCUT2D eigenvalue weighted by Crippen LogP contribution is -2.61. The van der Waals surface area contributed by atoms with E-state index in [1.165, 1.54) is 13.8 Å². The van der Waals surface area contributed by atoms with Gasteiger partial charge in [0.25, 0.3) is 0 Å². The molecule has 0 radical (unpaired) electrons. The van der Waals surface area contributed by atoms with Gasteiger partial charge in [0.15, 0.2) is 9.84 Å². The molecule has 154 valence electrons. The lowest BCUT2D eigenvalue weighted by Gasteiger charge is -2.37. The van der Waals surface area contributed by atoms with Gasteiger partial charge in [-0.1, -0.05) is 18.2 Å². The quantitative estimate of drug-likeness (QED) is 0.601. The van der Waals surface area contributed by atoms with E-state index >= 15 is 0 Å². The Kier molecular flexibility index (Phi) is 4.23. The summed E-state index contributed by atoms with van der Waals surface area (Å²) < 4.78 is 23.8. The first-order valence-corrected chi connectivity index (χ1v) is 10.7. The van der Waals surface area contributed by atoms with Crippen molar-refractivity contribution in [1.82, 2.24) is 15.2 Å². The van der Waals surface area contributed by atoms with Crippen molar-refractivity contribution in [3.63, 3.8) is 0 Å². The molecule has 4 rings (SSSR count). The normalized spacial score (nSPS) is 25.3. The summed E-state index contributed by atoms with van der Waals surface area (Å²) in [6.45, 7) is 2.79. The van der Waals surface area contributed by atoms with Crippen molar-refractivity contribution in [2.45, 2.75) is 48.9 Å². The van der Waals surface area contributed by atoms with Crippen molar-refractivity contribution in [3.05, 3.63) is 36.0 Å². The fourth-order valence-electron chi connectivity index (χ4n) is 4.23. The molecule has 1 aromatic heterocycles. The fourth-order valence-corrected chi connectivity index (χ4v) is 6.36. The number of amides is 2. The number of carbonyl (C=O) groups is 3. The largest absolute Gasteiger partial charge is 0.480 e. The number of sulfone groups is 1. The van der Waals surface area contributed by atoms with Crippen LogP contribution in [0.25, 0.3) is 10.9 Å². The number of rotatable bonds is 5. The Bertz CT molecular complexity index is 1140. The fraction of sp³-hybridized carbons (Fsp3) is 0.421. The van der Waals surface area contributed by atoms with Gasteiger partial charge in [-0.2, -0.15) is 0 Å². The highest BCUT2D eigenvalue weighted by molar-refractivity contribution is 7.93. The number of carboxylic acids is 1. The monoisotopic (exact) mass is 419 g/mol. The lowest BCUT2D eigenvalue weighted by molar-refractivity contribution is -0.151. The third kappa shape index (κ3) is 2.73. The molecule has 1 aromatic carbocycles. The maximum absolute atomic E-state index is 13.0. The predicted molar refractivity (Wildman–Crippen MR) is 104 cm³/mol. The molecule has 29 heavy (non-hydrogen) atoms. The average molecular weight is 419 g/mol. The van der Waals surface area contributed by atoms with Gasteiger partial charge >= 0.3 is 5.97 Å². The third-order valence-electron chi connectivity index (χ3n) is 5.94. The van der Waals surface area contributed by atoms with E-state index in [0.29, 0.717) is 5.56 Å². The maximum Gasteiger partial charge on any atom is 0.326 e. The number of benzene rings is 1. The summed E-state index contributed by atoms with van der Waals surface area (Å²) >= 11 is 0. The molecule has 3 N–H and O–H groups in total. The van der Waals surface area contributed by atoms with Crippen LogP contribution in [0.2, 0.25) is 0 Å². The molecule has 2 aromatic rings. The standard InChI is InChI=1S/C19H21N3O6S/c1-19(2)16(22-14(23)8-15(22)29(19,27)28)17(24)21-13(18(25)26)7-10-9-20-12-6-4-3-5-11(10)12/h3-6,9,13,15-16,20H,7-8H2,1-2H3,(H,21,24)(H,25,26)/t13-,15-,16+/m0/s1. The van der Waals surface area contributed by atoms with Crippen LogP contribution < -0.4 is 5.32 Å². The van der Waals surface area contributed by atoms with Crippen LogP contribution in [0.15, 0.2) is 30.5 Å². The number of para-hydroxylation sites is 1. The van der Waals surface area contributed by atoms with Crippen molar-refractivity contribution in [1.29, 1.82) is 0 Å². The highest BCUT2D eigenvalue weighted by atomic mass is 32.2. The van der Waals surface area contributed by atoms with Gasteiger partial charge < -0.3 is 20.3 Å². The molecule has 2 aliphatic heterocycles. The van der Waals surface area contributed by atoms with Gasteiger partial charge in [-0.25, -0.2) is 13.2 Å². The summed E-state index contributed by atoms with van der Waals surface area (Å²) in [4.78, 5) is 40.9. The molecule has 0 unspecified atom stereocenters. The average Bonchev–Trinajstić information content (AvgIpc) is 3.10. The van der Waals surface area contributed by atoms with E-state index in [0.717, 1.165) is 15.8 Å². The van der Waals surface area contributed by atoms with Crippen LogP contribution in [0.5, 0.6) is 0 Å². The van der Waals surface area contributed by atoms with Crippen LogP contribution in [-0.4, -0.2) is 63.4 Å². The van der Waals surface area contributed by atoms with Crippen LogP contribution >= 0.6 is 0 Å². The molecule has 2 saturated heterocycles. The van der Waals surface area contributed by atoms with Crippen LogP contribution in [0, 0.1) is 0 Å². The molecule has 9 nitrogen and oxygen atoms in total. The number of carboxylic acid groups (broad SMARTS) is 1. The molecule has 0 bridgehead atoms. The zero-order valence-corrected chi connectivity index (χ0v) is 16.7. The van der Waals surface area contributed by atoms with Crippen molar-refractivity contribution in [2.24, 2.45) is 0 Å². The molecular weight excluding hydrogens is 398 g/mol. The summed E-state index contributed by atoms with van der Waals surface area (Å²) in [5.74, 6) is -2.44. The third-order valence-corrected chi connectivity index (χ3v) is 8.74. The molecule has 0 spiro atoms. The number of H-pyrrole nitrogens is 1. The SMILES string of the molecule is CC1(C)[C@@H](C(=O)N[C@@H](Cc2c[nH]c3ccccc23)C(=O)O)N2C(=O)C[C@@H]2S1(=O)=O. The first kappa shape index (κ1) is 19.4. The van der Waals surface area contributed by atoms with Gasteiger partial charge in [-0.15, -0.1) is 0 Å². The number of aliphatic carboxylic acids is 1. The Labute approximate surface area is 167 Å². The first-order valence-electron chi connectivity index (χ1n) is 9.18. The minimum Gasteiger partial charge on any atom is -0.480 e. The van der Waals surface area contributed by atoms with E-state index in [9.17, 15) is 27.9 Å². The number of fused-ring (bicyclic) bond motifs is 2. The van der Waals surface area contributed by atoms with E-state index in [1.54, 1.807) is 6.20 Å². The van der Waals surface area contributed by atoms with E-state index in [1.807, 2.05) is 24.3 Å². The topological polar surface area (TPSA) is 137 Å². The van der Waals surface area contributed by atoms with E-state index in [4.69, 9.17) is 0 Å². The van der Waals surface area contributed by atoms with Gasteiger partial charge in [0.05, 0.1) is 11.2 Å². The van der Waals surface area contributed by atoms with Crippen molar-refractivity contribution in [2.75, 3.05) is 0 Å². The molecule has 3 atom stereocenters. The van der Waals surface area contributed by atoms with Crippen molar-refractivity contribution >= 4 is 38.5 Å². The number of hydrogen-bond donors (Lipinski definition) is 3. The number of hydrogen-bond acceptors (Lipinski definition) is 5. The minimum absolute atomic E-state index is 0.0162. The maximum atomic E-state index is 13.0. The van der Waals surface area contributed by atoms with Gasteiger partial charge in [0.1, 0.15) is 17.5 Å². The van der Waals surface area contributed by atoms with Gasteiger partial charge in [0.2, 0.25) is 11.8 Å². The Balaban J connectivity index is 1.60. The number of carbonyl (C=O) groups excluding carboxylic acids is 2. The number of aromatic nitrogens is 1. The van der Waals surface area contributed by atoms with Crippen molar-refractivity contribution < 1.29 is 27.9 Å². The van der Waals surface area contributed by atoms with Crippen LogP contribution in [0.3, 0.4) is 0 Å². The van der Waals surface area contributed by atoms with Gasteiger partial charge in [0, 0.05) is 23.5 Å². The Morgan fingerprint density at radius 3 is 2.69 bits per heavy atom. The highest BCUT2D eigenvalue weighted by Crippen LogP contribution is 2.45. The summed E-state index contributed by atoms with van der Waals surface area (Å²) in [7, 11) is -3.74. The smallest absolute Gasteiger partial charge is 0.326 e. The van der Waals surface area contributed by atoms with Gasteiger partial charge in [-0.3, -0.25) is 9.59 Å². The summed E-state index contributed by atoms with van der Waals surface area (Å²) in [5.41, 5.74) is 1.56. The summed E-state index contributed by atoms with van der Waals surface area (Å²) in [5, 5.41) is 11.9. The molecule has 3 heterocycles. The van der Waals surface area contributed by atoms with E-state index < -0.39 is 49.8 Å². The second-order valence-electron chi connectivity index (χ2n) is 7.97. The summed E-state index contributed by atoms with van der Waals surface area (Å²) in [6.07, 6.45) is 1.56. The molecule has 10 heteroatoms. The Morgan fingerprint density at radius 1 is 1.34 bits per heavy atom. The molecule has 2 aliphatic rings. The molecular formula is C19H21N3O6S. The number of nitrogens with one attached hydrogen (secondary N) is 2. The van der Waals surface area contributed by atoms with Crippen LogP contribution in [-0.2, 0) is 30.6 Å². The molecule has 0 aliphatic carbocycles. The van der Waals surface area contributed by atoms with Crippen molar-refractivity contribution in [3.8, 4) is 0 Å². The summed E-state index contributed by atoms with van der Waals surface area (Å²) in [6, 6.07) is 4.85. The van der Waals surface area contributed by atoms with E-state index in [-0.39, 0.29) is 12.8 Å². The Morgan fingerprint density at radius 2 is 2.03 bits per heavy atom. The van der Waals surface area contributed by atoms with Crippen LogP contribution in [0.1, 0.15) is 25.8 Å². The number of nitrogens with zero attached hydrogens (tertiary/aromatic N) is 1. The lowest BCUT2D eigenvalue weighted by atomic mass is 9.96. The number of aromatic amines is 1. The van der Waals surface area contributed by atoms with Gasteiger partial charge in [-0.05, 0) is 25.5 Å². The zero-order chi connectivity index (χ0) is 21.1. The second kappa shape index (κ2) is 6.31. The molecule has 2 fully saturated rings.